The van der Waals surface area contributed by atoms with Crippen molar-refractivity contribution in [1.29, 1.82) is 0 Å². The lowest BCUT2D eigenvalue weighted by atomic mass is 10.1. The number of hydrogen-bond acceptors (Lipinski definition) is 2. The van der Waals surface area contributed by atoms with Crippen LogP contribution in [0.5, 0.6) is 0 Å². The molecule has 0 aliphatic heterocycles. The first-order valence-corrected chi connectivity index (χ1v) is 6.38. The van der Waals surface area contributed by atoms with E-state index < -0.39 is 11.6 Å². The third kappa shape index (κ3) is 3.89. The van der Waals surface area contributed by atoms with Gasteiger partial charge < -0.3 is 0 Å². The summed E-state index contributed by atoms with van der Waals surface area (Å²) in [5.74, 6) is -1.06. The number of aryl methyl sites for hydroxylation is 1. The zero-order chi connectivity index (χ0) is 12.8. The molecule has 0 atom stereocenters. The van der Waals surface area contributed by atoms with E-state index in [0.717, 1.165) is 16.8 Å². The van der Waals surface area contributed by atoms with Gasteiger partial charge in [-0.3, -0.25) is 0 Å². The minimum atomic E-state index is -0.550. The van der Waals surface area contributed by atoms with E-state index in [4.69, 9.17) is 0 Å². The summed E-state index contributed by atoms with van der Waals surface area (Å²) < 4.78 is 25.9. The first-order chi connectivity index (χ1) is 8.15. The van der Waals surface area contributed by atoms with Crippen molar-refractivity contribution >= 4 is 11.3 Å². The molecule has 4 heteroatoms. The molecule has 0 spiro atoms. The van der Waals surface area contributed by atoms with Gasteiger partial charge in [0.05, 0.1) is 10.7 Å². The molecule has 0 aliphatic rings. The van der Waals surface area contributed by atoms with Crippen molar-refractivity contribution in [2.24, 2.45) is 0 Å². The Balaban J connectivity index is 0.000000686. The van der Waals surface area contributed by atoms with Crippen LogP contribution in [0.1, 0.15) is 30.1 Å². The molecule has 0 N–H and O–H groups in total. The van der Waals surface area contributed by atoms with E-state index in [2.05, 4.69) is 4.98 Å². The highest BCUT2D eigenvalue weighted by Crippen LogP contribution is 2.16. The summed E-state index contributed by atoms with van der Waals surface area (Å²) in [5, 5.41) is 2.84. The Morgan fingerprint density at radius 2 is 1.94 bits per heavy atom. The Hall–Kier alpha value is -1.29. The van der Waals surface area contributed by atoms with E-state index in [1.807, 2.05) is 26.2 Å². The Morgan fingerprint density at radius 1 is 1.24 bits per heavy atom. The minimum absolute atomic E-state index is 0.413. The molecular weight excluding hydrogens is 240 g/mol. The van der Waals surface area contributed by atoms with Crippen molar-refractivity contribution in [2.45, 2.75) is 27.2 Å². The Labute approximate surface area is 104 Å². The lowest BCUT2D eigenvalue weighted by Gasteiger charge is -2.00. The number of halogens is 2. The molecule has 0 fully saturated rings. The van der Waals surface area contributed by atoms with Gasteiger partial charge in [-0.25, -0.2) is 13.8 Å². The maximum Gasteiger partial charge on any atom is 0.129 e. The van der Waals surface area contributed by atoms with E-state index in [9.17, 15) is 8.78 Å². The minimum Gasteiger partial charge on any atom is -0.246 e. The zero-order valence-electron chi connectivity index (χ0n) is 10.1. The predicted molar refractivity (Wildman–Crippen MR) is 67.4 cm³/mol. The van der Waals surface area contributed by atoms with Crippen molar-refractivity contribution in [3.05, 3.63) is 51.5 Å². The molecule has 1 heterocycles. The molecule has 2 rings (SSSR count). The maximum atomic E-state index is 13.3. The molecule has 0 radical (unpaired) electrons. The Bertz CT molecular complexity index is 480. The van der Waals surface area contributed by atoms with E-state index in [0.29, 0.717) is 12.0 Å². The van der Waals surface area contributed by atoms with Crippen LogP contribution in [0.15, 0.2) is 23.6 Å². The van der Waals surface area contributed by atoms with Crippen LogP contribution < -0.4 is 0 Å². The van der Waals surface area contributed by atoms with E-state index in [1.165, 1.54) is 23.5 Å². The van der Waals surface area contributed by atoms with Crippen LogP contribution in [0, 0.1) is 18.6 Å². The fraction of sp³-hybridized carbons (Fsp3) is 0.308. The summed E-state index contributed by atoms with van der Waals surface area (Å²) in [4.78, 5) is 4.23. The molecule has 0 saturated carbocycles. The molecule has 92 valence electrons. The van der Waals surface area contributed by atoms with Crippen LogP contribution >= 0.6 is 11.3 Å². The van der Waals surface area contributed by atoms with Gasteiger partial charge in [-0.1, -0.05) is 19.9 Å². The molecule has 0 amide bonds. The fourth-order valence-electron chi connectivity index (χ4n) is 1.35. The Kier molecular flexibility index (Phi) is 5.22. The molecule has 0 saturated heterocycles. The van der Waals surface area contributed by atoms with Crippen LogP contribution in [0.3, 0.4) is 0 Å². The summed E-state index contributed by atoms with van der Waals surface area (Å²) in [6.07, 6.45) is 0.413. The van der Waals surface area contributed by atoms with Crippen molar-refractivity contribution in [3.63, 3.8) is 0 Å². The number of rotatable bonds is 2. The van der Waals surface area contributed by atoms with Gasteiger partial charge in [-0.2, -0.15) is 0 Å². The molecule has 1 nitrogen and oxygen atoms in total. The van der Waals surface area contributed by atoms with Crippen molar-refractivity contribution in [2.75, 3.05) is 0 Å². The average molecular weight is 255 g/mol. The predicted octanol–water partition coefficient (Wildman–Crippen LogP) is 4.35. The normalized spacial score (nSPS) is 9.71. The van der Waals surface area contributed by atoms with Gasteiger partial charge in [0.2, 0.25) is 0 Å². The highest BCUT2D eigenvalue weighted by molar-refractivity contribution is 7.09. The lowest BCUT2D eigenvalue weighted by molar-refractivity contribution is 0.574. The van der Waals surface area contributed by atoms with Crippen molar-refractivity contribution in [1.82, 2.24) is 4.98 Å². The fourth-order valence-corrected chi connectivity index (χ4v) is 1.96. The van der Waals surface area contributed by atoms with Crippen LogP contribution in [0.2, 0.25) is 0 Å². The highest BCUT2D eigenvalue weighted by Gasteiger charge is 2.06. The molecular formula is C13H15F2NS. The number of aromatic nitrogens is 1. The standard InChI is InChI=1S/C11H9F2NS.C2H6/c1-7-14-10(6-15-7)4-8-2-3-9(12)5-11(8)13;1-2/h2-3,5-6H,4H2,1H3;1-2H3. The highest BCUT2D eigenvalue weighted by atomic mass is 32.1. The molecule has 0 aliphatic carbocycles. The lowest BCUT2D eigenvalue weighted by Crippen LogP contribution is -1.93. The molecule has 0 bridgehead atoms. The summed E-state index contributed by atoms with van der Waals surface area (Å²) in [6.45, 7) is 5.90. The van der Waals surface area contributed by atoms with E-state index in [-0.39, 0.29) is 0 Å². The summed E-state index contributed by atoms with van der Waals surface area (Å²) in [6, 6.07) is 3.62. The molecule has 1 aromatic carbocycles. The van der Waals surface area contributed by atoms with E-state index >= 15 is 0 Å². The number of hydrogen-bond donors (Lipinski definition) is 0. The number of nitrogens with zero attached hydrogens (tertiary/aromatic N) is 1. The maximum absolute atomic E-state index is 13.3. The second kappa shape index (κ2) is 6.45. The second-order valence-corrected chi connectivity index (χ2v) is 4.33. The third-order valence-electron chi connectivity index (χ3n) is 2.05. The molecule has 2 aromatic rings. The van der Waals surface area contributed by atoms with Crippen LogP contribution in [-0.4, -0.2) is 4.98 Å². The molecule has 17 heavy (non-hydrogen) atoms. The smallest absolute Gasteiger partial charge is 0.129 e. The number of benzene rings is 1. The van der Waals surface area contributed by atoms with Gasteiger partial charge in [-0.15, -0.1) is 11.3 Å². The Morgan fingerprint density at radius 3 is 2.47 bits per heavy atom. The van der Waals surface area contributed by atoms with Gasteiger partial charge in [0.15, 0.2) is 0 Å². The van der Waals surface area contributed by atoms with Gasteiger partial charge >= 0.3 is 0 Å². The molecule has 1 aromatic heterocycles. The summed E-state index contributed by atoms with van der Waals surface area (Å²) in [7, 11) is 0. The topological polar surface area (TPSA) is 12.9 Å². The summed E-state index contributed by atoms with van der Waals surface area (Å²) in [5.41, 5.74) is 1.30. The van der Waals surface area contributed by atoms with Crippen LogP contribution in [0.4, 0.5) is 8.78 Å². The summed E-state index contributed by atoms with van der Waals surface area (Å²) >= 11 is 1.53. The first-order valence-electron chi connectivity index (χ1n) is 5.50. The largest absolute Gasteiger partial charge is 0.246 e. The zero-order valence-corrected chi connectivity index (χ0v) is 10.9. The second-order valence-electron chi connectivity index (χ2n) is 3.27. The molecule has 0 unspecified atom stereocenters. The first kappa shape index (κ1) is 13.8. The van der Waals surface area contributed by atoms with E-state index in [1.54, 1.807) is 0 Å². The van der Waals surface area contributed by atoms with Gasteiger partial charge in [0, 0.05) is 17.9 Å². The van der Waals surface area contributed by atoms with Gasteiger partial charge in [0.1, 0.15) is 11.6 Å². The number of thiazole rings is 1. The van der Waals surface area contributed by atoms with Crippen molar-refractivity contribution < 1.29 is 8.78 Å². The quantitative estimate of drug-likeness (QED) is 0.777. The van der Waals surface area contributed by atoms with Crippen LogP contribution in [-0.2, 0) is 6.42 Å². The van der Waals surface area contributed by atoms with Crippen molar-refractivity contribution in [3.8, 4) is 0 Å². The third-order valence-corrected chi connectivity index (χ3v) is 2.88. The monoisotopic (exact) mass is 255 g/mol. The van der Waals surface area contributed by atoms with Gasteiger partial charge in [-0.05, 0) is 18.6 Å². The van der Waals surface area contributed by atoms with Gasteiger partial charge in [0.25, 0.3) is 0 Å². The van der Waals surface area contributed by atoms with Crippen LogP contribution in [0.25, 0.3) is 0 Å². The SMILES string of the molecule is CC.Cc1nc(Cc2ccc(F)cc2F)cs1. The average Bonchev–Trinajstić information content (AvgIpc) is 2.71.